The normalized spacial score (nSPS) is 11.9. The maximum Gasteiger partial charge on any atom is 0.416 e. The molecule has 9 heteroatoms. The van der Waals surface area contributed by atoms with Crippen molar-refractivity contribution in [1.29, 1.82) is 0 Å². The first-order valence-corrected chi connectivity index (χ1v) is 8.08. The lowest BCUT2D eigenvalue weighted by Gasteiger charge is -2.13. The summed E-state index contributed by atoms with van der Waals surface area (Å²) in [4.78, 5) is 15.5. The van der Waals surface area contributed by atoms with Gasteiger partial charge in [-0.05, 0) is 48.6 Å². The number of aromatic amines is 1. The van der Waals surface area contributed by atoms with Gasteiger partial charge in [0.25, 0.3) is 5.56 Å². The molecule has 2 aromatic carbocycles. The van der Waals surface area contributed by atoms with Gasteiger partial charge in [0.15, 0.2) is 4.77 Å². The number of nitrogens with zero attached hydrogens (tertiary/aromatic N) is 1. The van der Waals surface area contributed by atoms with Gasteiger partial charge in [0, 0.05) is 4.47 Å². The molecule has 0 aliphatic carbocycles. The molecule has 0 bridgehead atoms. The zero-order valence-electron chi connectivity index (χ0n) is 11.6. The first-order chi connectivity index (χ1) is 11.2. The molecule has 3 aromatic rings. The molecular weight excluding hydrogens is 429 g/mol. The molecule has 1 N–H and O–H groups in total. The first-order valence-electron chi connectivity index (χ1n) is 6.50. The molecule has 124 valence electrons. The van der Waals surface area contributed by atoms with E-state index >= 15 is 0 Å². The van der Waals surface area contributed by atoms with Crippen LogP contribution in [0.4, 0.5) is 13.2 Å². The maximum atomic E-state index is 12.9. The van der Waals surface area contributed by atoms with Crippen molar-refractivity contribution in [3.63, 3.8) is 0 Å². The second-order valence-corrected chi connectivity index (χ2v) is 6.63. The van der Waals surface area contributed by atoms with Crippen molar-refractivity contribution in [2.45, 2.75) is 6.18 Å². The minimum absolute atomic E-state index is 0.0129. The molecular formula is C15H7BrClF3N2OS. The van der Waals surface area contributed by atoms with Crippen LogP contribution in [0, 0.1) is 4.77 Å². The number of aromatic nitrogens is 2. The fourth-order valence-electron chi connectivity index (χ4n) is 2.27. The van der Waals surface area contributed by atoms with E-state index in [0.717, 1.165) is 27.2 Å². The third-order valence-corrected chi connectivity index (χ3v) is 4.47. The molecule has 0 fully saturated rings. The lowest BCUT2D eigenvalue weighted by Crippen LogP contribution is -2.21. The Hall–Kier alpha value is -1.64. The summed E-state index contributed by atoms with van der Waals surface area (Å²) < 4.78 is 40.5. The Balaban J connectivity index is 2.37. The number of benzene rings is 2. The average molecular weight is 436 g/mol. The Morgan fingerprint density at radius 3 is 2.54 bits per heavy atom. The van der Waals surface area contributed by atoms with Gasteiger partial charge in [0.2, 0.25) is 0 Å². The van der Waals surface area contributed by atoms with E-state index < -0.39 is 17.3 Å². The molecule has 3 rings (SSSR count). The van der Waals surface area contributed by atoms with Crippen molar-refractivity contribution in [1.82, 2.24) is 9.55 Å². The lowest BCUT2D eigenvalue weighted by atomic mass is 10.2. The lowest BCUT2D eigenvalue weighted by molar-refractivity contribution is -0.137. The summed E-state index contributed by atoms with van der Waals surface area (Å²) in [6.45, 7) is 0. The summed E-state index contributed by atoms with van der Waals surface area (Å²) >= 11 is 14.4. The molecule has 0 spiro atoms. The van der Waals surface area contributed by atoms with Crippen LogP contribution in [0.1, 0.15) is 5.56 Å². The van der Waals surface area contributed by atoms with Crippen LogP contribution in [0.5, 0.6) is 0 Å². The number of halogens is 5. The minimum atomic E-state index is -4.56. The smallest absolute Gasteiger partial charge is 0.331 e. The Morgan fingerprint density at radius 2 is 1.88 bits per heavy atom. The summed E-state index contributed by atoms with van der Waals surface area (Å²) in [7, 11) is 0. The third-order valence-electron chi connectivity index (χ3n) is 3.37. The number of hydrogen-bond acceptors (Lipinski definition) is 2. The molecule has 1 heterocycles. The quantitative estimate of drug-likeness (QED) is 0.514. The molecule has 0 saturated heterocycles. The highest BCUT2D eigenvalue weighted by Crippen LogP contribution is 2.33. The van der Waals surface area contributed by atoms with Crippen LogP contribution in [-0.2, 0) is 6.18 Å². The molecule has 1 aromatic heterocycles. The molecule has 0 saturated carbocycles. The van der Waals surface area contributed by atoms with E-state index in [9.17, 15) is 18.0 Å². The van der Waals surface area contributed by atoms with Crippen LogP contribution >= 0.6 is 39.7 Å². The largest absolute Gasteiger partial charge is 0.416 e. The standard InChI is InChI=1S/C15H7BrClF3N2OS/c16-8-2-3-9-11(6-8)21-14(24)22(13(9)23)12-5-7(15(18,19)20)1-4-10(12)17/h1-6H,(H,21,24). The number of fused-ring (bicyclic) bond motifs is 1. The van der Waals surface area contributed by atoms with Crippen molar-refractivity contribution < 1.29 is 13.2 Å². The average Bonchev–Trinajstić information content (AvgIpc) is 2.47. The Kier molecular flexibility index (Phi) is 4.31. The van der Waals surface area contributed by atoms with E-state index in [1.54, 1.807) is 18.2 Å². The monoisotopic (exact) mass is 434 g/mol. The zero-order valence-corrected chi connectivity index (χ0v) is 14.8. The van der Waals surface area contributed by atoms with Crippen LogP contribution in [-0.4, -0.2) is 9.55 Å². The highest BCUT2D eigenvalue weighted by molar-refractivity contribution is 9.10. The Bertz CT molecular complexity index is 1070. The molecule has 0 unspecified atom stereocenters. The summed E-state index contributed by atoms with van der Waals surface area (Å²) in [5, 5.41) is 0.265. The Labute approximate surface area is 151 Å². The predicted octanol–water partition coefficient (Wildman–Crippen LogP) is 5.48. The van der Waals surface area contributed by atoms with Gasteiger partial charge < -0.3 is 4.98 Å². The third kappa shape index (κ3) is 3.01. The first kappa shape index (κ1) is 17.2. The molecule has 0 atom stereocenters. The molecule has 0 aliphatic rings. The van der Waals surface area contributed by atoms with Crippen molar-refractivity contribution in [2.24, 2.45) is 0 Å². The van der Waals surface area contributed by atoms with E-state index in [1.807, 2.05) is 0 Å². The van der Waals surface area contributed by atoms with Gasteiger partial charge in [0.1, 0.15) is 0 Å². The van der Waals surface area contributed by atoms with Gasteiger partial charge in [-0.15, -0.1) is 0 Å². The number of alkyl halides is 3. The number of hydrogen-bond donors (Lipinski definition) is 1. The van der Waals surface area contributed by atoms with Crippen LogP contribution < -0.4 is 5.56 Å². The van der Waals surface area contributed by atoms with Gasteiger partial charge in [-0.2, -0.15) is 13.2 Å². The van der Waals surface area contributed by atoms with Gasteiger partial charge in [-0.1, -0.05) is 27.5 Å². The highest BCUT2D eigenvalue weighted by atomic mass is 79.9. The molecule has 24 heavy (non-hydrogen) atoms. The molecule has 3 nitrogen and oxygen atoms in total. The van der Waals surface area contributed by atoms with E-state index in [4.69, 9.17) is 23.8 Å². The van der Waals surface area contributed by atoms with Crippen LogP contribution in [0.2, 0.25) is 5.02 Å². The van der Waals surface area contributed by atoms with Gasteiger partial charge >= 0.3 is 6.18 Å². The van der Waals surface area contributed by atoms with Crippen LogP contribution in [0.15, 0.2) is 45.7 Å². The van der Waals surface area contributed by atoms with Crippen molar-refractivity contribution in [3.05, 3.63) is 66.6 Å². The van der Waals surface area contributed by atoms with Crippen LogP contribution in [0.3, 0.4) is 0 Å². The van der Waals surface area contributed by atoms with Gasteiger partial charge in [0.05, 0.1) is 27.2 Å². The molecule has 0 amide bonds. The van der Waals surface area contributed by atoms with Crippen LogP contribution in [0.25, 0.3) is 16.6 Å². The summed E-state index contributed by atoms with van der Waals surface area (Å²) in [5.41, 5.74) is -1.12. The van der Waals surface area contributed by atoms with Gasteiger partial charge in [-0.25, -0.2) is 0 Å². The predicted molar refractivity (Wildman–Crippen MR) is 92.4 cm³/mol. The SMILES string of the molecule is O=c1c2ccc(Br)cc2[nH]c(=S)n1-c1cc(C(F)(F)F)ccc1Cl. The van der Waals surface area contributed by atoms with E-state index in [2.05, 4.69) is 20.9 Å². The fraction of sp³-hybridized carbons (Fsp3) is 0.0667. The zero-order chi connectivity index (χ0) is 17.6. The summed E-state index contributed by atoms with van der Waals surface area (Å²) in [6.07, 6.45) is -4.56. The van der Waals surface area contributed by atoms with Crippen molar-refractivity contribution in [2.75, 3.05) is 0 Å². The molecule has 0 radical (unpaired) electrons. The number of rotatable bonds is 1. The molecule has 0 aliphatic heterocycles. The number of nitrogens with one attached hydrogen (secondary N) is 1. The number of H-pyrrole nitrogens is 1. The second kappa shape index (κ2) is 6.02. The Morgan fingerprint density at radius 1 is 1.17 bits per heavy atom. The highest BCUT2D eigenvalue weighted by Gasteiger charge is 2.31. The van der Waals surface area contributed by atoms with E-state index in [-0.39, 0.29) is 20.9 Å². The summed E-state index contributed by atoms with van der Waals surface area (Å²) in [5.74, 6) is 0. The van der Waals surface area contributed by atoms with Crippen molar-refractivity contribution >= 4 is 50.7 Å². The fourth-order valence-corrected chi connectivity index (χ4v) is 3.12. The van der Waals surface area contributed by atoms with E-state index in [1.165, 1.54) is 0 Å². The topological polar surface area (TPSA) is 37.8 Å². The van der Waals surface area contributed by atoms with E-state index in [0.29, 0.717) is 5.52 Å². The summed E-state index contributed by atoms with van der Waals surface area (Å²) in [6, 6.07) is 7.60. The van der Waals surface area contributed by atoms with Crippen molar-refractivity contribution in [3.8, 4) is 5.69 Å². The second-order valence-electron chi connectivity index (χ2n) is 4.92. The van der Waals surface area contributed by atoms with Gasteiger partial charge in [-0.3, -0.25) is 9.36 Å². The maximum absolute atomic E-state index is 12.9. The minimum Gasteiger partial charge on any atom is -0.331 e.